The van der Waals surface area contributed by atoms with Crippen LogP contribution in [0.1, 0.15) is 27.2 Å². The molecule has 0 aromatic heterocycles. The molecule has 0 heterocycles. The van der Waals surface area contributed by atoms with Gasteiger partial charge in [-0.2, -0.15) is 0 Å². The summed E-state index contributed by atoms with van der Waals surface area (Å²) < 4.78 is 0. The monoisotopic (exact) mass is 115 g/mol. The van der Waals surface area contributed by atoms with Crippen molar-refractivity contribution in [3.05, 3.63) is 0 Å². The van der Waals surface area contributed by atoms with E-state index in [2.05, 4.69) is 6.92 Å². The second-order valence-corrected chi connectivity index (χ2v) is 2.21. The molecule has 0 bridgehead atoms. The highest BCUT2D eigenvalue weighted by Gasteiger charge is 2.30. The molecular formula is C7H17N. The zero-order chi connectivity index (χ0) is 6.57. The fraction of sp³-hybridized carbons (Fsp3) is 1.00. The molecule has 0 aliphatic heterocycles. The summed E-state index contributed by atoms with van der Waals surface area (Å²) in [5.41, 5.74) is 5.32. The zero-order valence-corrected chi connectivity index (χ0v) is 6.15. The highest BCUT2D eigenvalue weighted by atomic mass is 14.6. The molecule has 1 aliphatic carbocycles. The number of hydrogen-bond donors (Lipinski definition) is 1. The molecule has 2 unspecified atom stereocenters. The van der Waals surface area contributed by atoms with Crippen molar-refractivity contribution in [1.29, 1.82) is 0 Å². The van der Waals surface area contributed by atoms with E-state index in [0.29, 0.717) is 0 Å². The molecule has 2 N–H and O–H groups in total. The SMILES string of the molecule is CC.CC1CC1CN. The first-order valence-electron chi connectivity index (χ1n) is 3.54. The number of nitrogens with two attached hydrogens (primary N) is 1. The predicted octanol–water partition coefficient (Wildman–Crippen LogP) is 1.63. The average Bonchev–Trinajstić information content (AvgIpc) is 2.52. The van der Waals surface area contributed by atoms with Crippen LogP contribution in [0, 0.1) is 11.8 Å². The van der Waals surface area contributed by atoms with Gasteiger partial charge in [0.05, 0.1) is 0 Å². The van der Waals surface area contributed by atoms with Crippen LogP contribution in [-0.4, -0.2) is 6.54 Å². The van der Waals surface area contributed by atoms with Gasteiger partial charge < -0.3 is 5.73 Å². The lowest BCUT2D eigenvalue weighted by Crippen LogP contribution is -2.00. The summed E-state index contributed by atoms with van der Waals surface area (Å²) in [6, 6.07) is 0. The minimum Gasteiger partial charge on any atom is -0.330 e. The molecule has 50 valence electrons. The average molecular weight is 115 g/mol. The van der Waals surface area contributed by atoms with Crippen molar-refractivity contribution in [2.75, 3.05) is 6.54 Å². The molecule has 0 amide bonds. The molecule has 1 rings (SSSR count). The van der Waals surface area contributed by atoms with Crippen LogP contribution in [0.2, 0.25) is 0 Å². The van der Waals surface area contributed by atoms with Crippen LogP contribution in [0.3, 0.4) is 0 Å². The van der Waals surface area contributed by atoms with Crippen LogP contribution in [-0.2, 0) is 0 Å². The van der Waals surface area contributed by atoms with Crippen LogP contribution >= 0.6 is 0 Å². The third kappa shape index (κ3) is 2.31. The number of rotatable bonds is 1. The maximum Gasteiger partial charge on any atom is -0.00462 e. The minimum absolute atomic E-state index is 0.880. The van der Waals surface area contributed by atoms with E-state index in [9.17, 15) is 0 Å². The molecule has 2 atom stereocenters. The van der Waals surface area contributed by atoms with E-state index in [-0.39, 0.29) is 0 Å². The molecule has 0 aromatic rings. The summed E-state index contributed by atoms with van der Waals surface area (Å²) in [4.78, 5) is 0. The predicted molar refractivity (Wildman–Crippen MR) is 37.7 cm³/mol. The van der Waals surface area contributed by atoms with Crippen molar-refractivity contribution in [3.63, 3.8) is 0 Å². The first kappa shape index (κ1) is 7.96. The lowest BCUT2D eigenvalue weighted by molar-refractivity contribution is 0.761. The summed E-state index contributed by atoms with van der Waals surface area (Å²) >= 11 is 0. The Balaban J connectivity index is 0.000000222. The molecule has 1 aliphatic rings. The summed E-state index contributed by atoms with van der Waals surface area (Å²) in [5.74, 6) is 1.82. The van der Waals surface area contributed by atoms with Crippen LogP contribution in [0.15, 0.2) is 0 Å². The van der Waals surface area contributed by atoms with Gasteiger partial charge in [0.1, 0.15) is 0 Å². The molecule has 0 radical (unpaired) electrons. The van der Waals surface area contributed by atoms with Crippen molar-refractivity contribution in [3.8, 4) is 0 Å². The zero-order valence-electron chi connectivity index (χ0n) is 6.15. The van der Waals surface area contributed by atoms with E-state index < -0.39 is 0 Å². The van der Waals surface area contributed by atoms with E-state index in [4.69, 9.17) is 5.73 Å². The minimum atomic E-state index is 0.880. The van der Waals surface area contributed by atoms with E-state index in [1.54, 1.807) is 0 Å². The Bertz CT molecular complexity index is 50.3. The molecule has 0 aromatic carbocycles. The van der Waals surface area contributed by atoms with Gasteiger partial charge in [-0.1, -0.05) is 20.8 Å². The third-order valence-electron chi connectivity index (χ3n) is 1.58. The Morgan fingerprint density at radius 3 is 1.88 bits per heavy atom. The summed E-state index contributed by atoms with van der Waals surface area (Å²) in [7, 11) is 0. The van der Waals surface area contributed by atoms with Gasteiger partial charge in [0, 0.05) is 0 Å². The Kier molecular flexibility index (Phi) is 3.88. The van der Waals surface area contributed by atoms with Gasteiger partial charge in [-0.25, -0.2) is 0 Å². The van der Waals surface area contributed by atoms with Crippen LogP contribution < -0.4 is 5.73 Å². The largest absolute Gasteiger partial charge is 0.330 e. The van der Waals surface area contributed by atoms with Crippen molar-refractivity contribution in [2.45, 2.75) is 27.2 Å². The summed E-state index contributed by atoms with van der Waals surface area (Å²) in [6.07, 6.45) is 1.37. The first-order chi connectivity index (χ1) is 3.84. The standard InChI is InChI=1S/C5H11N.C2H6/c1-4-2-5(4)3-6;1-2/h4-5H,2-3,6H2,1H3;1-2H3. The van der Waals surface area contributed by atoms with E-state index in [1.165, 1.54) is 6.42 Å². The van der Waals surface area contributed by atoms with Gasteiger partial charge in [0.25, 0.3) is 0 Å². The highest BCUT2D eigenvalue weighted by Crippen LogP contribution is 2.35. The quantitative estimate of drug-likeness (QED) is 0.552. The smallest absolute Gasteiger partial charge is 0.00462 e. The van der Waals surface area contributed by atoms with Gasteiger partial charge in [-0.3, -0.25) is 0 Å². The molecule has 1 nitrogen and oxygen atoms in total. The Morgan fingerprint density at radius 2 is 1.88 bits per heavy atom. The van der Waals surface area contributed by atoms with Gasteiger partial charge in [0.15, 0.2) is 0 Å². The normalized spacial score (nSPS) is 33.0. The molecule has 1 fully saturated rings. The topological polar surface area (TPSA) is 26.0 Å². The summed E-state index contributed by atoms with van der Waals surface area (Å²) in [6.45, 7) is 7.15. The second kappa shape index (κ2) is 3.90. The first-order valence-corrected chi connectivity index (χ1v) is 3.54. The van der Waals surface area contributed by atoms with E-state index in [1.807, 2.05) is 13.8 Å². The van der Waals surface area contributed by atoms with Crippen molar-refractivity contribution in [2.24, 2.45) is 17.6 Å². The van der Waals surface area contributed by atoms with Crippen molar-refractivity contribution in [1.82, 2.24) is 0 Å². The molecule has 1 heteroatoms. The molecular weight excluding hydrogens is 98.1 g/mol. The molecule has 1 saturated carbocycles. The maximum absolute atomic E-state index is 5.32. The highest BCUT2D eigenvalue weighted by molar-refractivity contribution is 4.82. The fourth-order valence-electron chi connectivity index (χ4n) is 0.728. The van der Waals surface area contributed by atoms with Crippen molar-refractivity contribution < 1.29 is 0 Å². The van der Waals surface area contributed by atoms with Crippen LogP contribution in [0.4, 0.5) is 0 Å². The van der Waals surface area contributed by atoms with Gasteiger partial charge >= 0.3 is 0 Å². The lowest BCUT2D eigenvalue weighted by Gasteiger charge is -1.80. The van der Waals surface area contributed by atoms with Crippen LogP contribution in [0.25, 0.3) is 0 Å². The van der Waals surface area contributed by atoms with Crippen LogP contribution in [0.5, 0.6) is 0 Å². The molecule has 0 spiro atoms. The third-order valence-corrected chi connectivity index (χ3v) is 1.58. The number of hydrogen-bond acceptors (Lipinski definition) is 1. The Morgan fingerprint density at radius 1 is 1.50 bits per heavy atom. The van der Waals surface area contributed by atoms with E-state index >= 15 is 0 Å². The van der Waals surface area contributed by atoms with Gasteiger partial charge in [-0.05, 0) is 24.8 Å². The fourth-order valence-corrected chi connectivity index (χ4v) is 0.728. The lowest BCUT2D eigenvalue weighted by atomic mass is 10.3. The Labute approximate surface area is 52.3 Å². The van der Waals surface area contributed by atoms with Gasteiger partial charge in [0.2, 0.25) is 0 Å². The molecule has 8 heavy (non-hydrogen) atoms. The van der Waals surface area contributed by atoms with E-state index in [0.717, 1.165) is 18.4 Å². The maximum atomic E-state index is 5.32. The Hall–Kier alpha value is -0.0400. The molecule has 0 saturated heterocycles. The van der Waals surface area contributed by atoms with Gasteiger partial charge in [-0.15, -0.1) is 0 Å². The summed E-state index contributed by atoms with van der Waals surface area (Å²) in [5, 5.41) is 0. The second-order valence-electron chi connectivity index (χ2n) is 2.21. The van der Waals surface area contributed by atoms with Crippen molar-refractivity contribution >= 4 is 0 Å².